The lowest BCUT2D eigenvalue weighted by molar-refractivity contribution is -0.124. The van der Waals surface area contributed by atoms with Gasteiger partial charge in [0.2, 0.25) is 5.91 Å². The minimum Gasteiger partial charge on any atom is -0.488 e. The number of benzene rings is 1. The van der Waals surface area contributed by atoms with Crippen molar-refractivity contribution in [1.29, 1.82) is 0 Å². The molecule has 0 spiro atoms. The molecule has 1 fully saturated rings. The molecular formula is C16H22F2N2O3. The minimum atomic E-state index is -2.52. The van der Waals surface area contributed by atoms with Crippen molar-refractivity contribution in [2.45, 2.75) is 31.9 Å². The van der Waals surface area contributed by atoms with E-state index in [1.165, 1.54) is 0 Å². The maximum absolute atomic E-state index is 12.1. The van der Waals surface area contributed by atoms with Gasteiger partial charge in [0.1, 0.15) is 12.4 Å². The second-order valence-electron chi connectivity index (χ2n) is 5.54. The van der Waals surface area contributed by atoms with Crippen LogP contribution in [0.5, 0.6) is 5.75 Å². The average molecular weight is 328 g/mol. The van der Waals surface area contributed by atoms with Crippen LogP contribution in [-0.2, 0) is 16.1 Å². The van der Waals surface area contributed by atoms with Crippen molar-refractivity contribution >= 4 is 5.91 Å². The SMILES string of the molecule is NC(C(=O)NCc1cccc(OCC(F)F)c1)C1CCOCC1. The summed E-state index contributed by atoms with van der Waals surface area (Å²) in [4.78, 5) is 12.1. The van der Waals surface area contributed by atoms with Crippen molar-refractivity contribution in [3.8, 4) is 5.75 Å². The summed E-state index contributed by atoms with van der Waals surface area (Å²) in [6, 6.07) is 6.15. The zero-order valence-corrected chi connectivity index (χ0v) is 12.8. The lowest BCUT2D eigenvalue weighted by atomic mass is 9.92. The van der Waals surface area contributed by atoms with Crippen molar-refractivity contribution in [1.82, 2.24) is 5.32 Å². The van der Waals surface area contributed by atoms with Crippen LogP contribution >= 0.6 is 0 Å². The van der Waals surface area contributed by atoms with Gasteiger partial charge >= 0.3 is 0 Å². The number of ether oxygens (including phenoxy) is 2. The van der Waals surface area contributed by atoms with E-state index in [-0.39, 0.29) is 18.4 Å². The van der Waals surface area contributed by atoms with E-state index in [4.69, 9.17) is 15.2 Å². The maximum atomic E-state index is 12.1. The summed E-state index contributed by atoms with van der Waals surface area (Å²) in [6.07, 6.45) is -0.951. The van der Waals surface area contributed by atoms with E-state index in [0.717, 1.165) is 18.4 Å². The third-order valence-electron chi connectivity index (χ3n) is 3.82. The van der Waals surface area contributed by atoms with Gasteiger partial charge in [-0.3, -0.25) is 4.79 Å². The second kappa shape index (κ2) is 8.79. The van der Waals surface area contributed by atoms with Crippen molar-refractivity contribution in [2.75, 3.05) is 19.8 Å². The Morgan fingerprint density at radius 1 is 1.39 bits per heavy atom. The highest BCUT2D eigenvalue weighted by Crippen LogP contribution is 2.18. The van der Waals surface area contributed by atoms with Crippen LogP contribution in [0.3, 0.4) is 0 Å². The zero-order valence-electron chi connectivity index (χ0n) is 12.8. The molecule has 1 aromatic carbocycles. The van der Waals surface area contributed by atoms with E-state index in [1.807, 2.05) is 0 Å². The molecule has 128 valence electrons. The molecule has 1 aliphatic rings. The first-order chi connectivity index (χ1) is 11.1. The van der Waals surface area contributed by atoms with Gasteiger partial charge in [0.15, 0.2) is 0 Å². The number of rotatable bonds is 7. The standard InChI is InChI=1S/C16H22F2N2O3/c17-14(18)10-23-13-3-1-2-11(8-13)9-20-16(21)15(19)12-4-6-22-7-5-12/h1-3,8,12,14-15H,4-7,9-10,19H2,(H,20,21). The van der Waals surface area contributed by atoms with Gasteiger partial charge in [-0.15, -0.1) is 0 Å². The van der Waals surface area contributed by atoms with Crippen LogP contribution < -0.4 is 15.8 Å². The summed E-state index contributed by atoms with van der Waals surface area (Å²) in [7, 11) is 0. The van der Waals surface area contributed by atoms with E-state index < -0.39 is 19.1 Å². The third kappa shape index (κ3) is 5.76. The normalized spacial score (nSPS) is 17.0. The summed E-state index contributed by atoms with van der Waals surface area (Å²) in [5.74, 6) is 0.269. The third-order valence-corrected chi connectivity index (χ3v) is 3.82. The molecule has 1 atom stereocenters. The molecule has 0 saturated carbocycles. The fraction of sp³-hybridized carbons (Fsp3) is 0.562. The van der Waals surface area contributed by atoms with Gasteiger partial charge in [-0.1, -0.05) is 12.1 Å². The molecule has 1 aromatic rings. The van der Waals surface area contributed by atoms with Gasteiger partial charge in [-0.2, -0.15) is 0 Å². The molecule has 5 nitrogen and oxygen atoms in total. The van der Waals surface area contributed by atoms with Crippen LogP contribution in [0.25, 0.3) is 0 Å². The second-order valence-corrected chi connectivity index (χ2v) is 5.54. The Balaban J connectivity index is 1.82. The first kappa shape index (κ1) is 17.6. The van der Waals surface area contributed by atoms with Crippen LogP contribution in [0.15, 0.2) is 24.3 Å². The van der Waals surface area contributed by atoms with Gasteiger partial charge in [-0.25, -0.2) is 8.78 Å². The van der Waals surface area contributed by atoms with Crippen molar-refractivity contribution in [3.63, 3.8) is 0 Å². The van der Waals surface area contributed by atoms with Crippen LogP contribution in [0.4, 0.5) is 8.78 Å². The molecule has 1 saturated heterocycles. The number of hydrogen-bond donors (Lipinski definition) is 2. The summed E-state index contributed by atoms with van der Waals surface area (Å²) in [6.45, 7) is 0.899. The highest BCUT2D eigenvalue weighted by molar-refractivity contribution is 5.81. The average Bonchev–Trinajstić information content (AvgIpc) is 2.58. The maximum Gasteiger partial charge on any atom is 0.272 e. The quantitative estimate of drug-likeness (QED) is 0.799. The lowest BCUT2D eigenvalue weighted by Crippen LogP contribution is -2.46. The molecule has 23 heavy (non-hydrogen) atoms. The fourth-order valence-electron chi connectivity index (χ4n) is 2.50. The van der Waals surface area contributed by atoms with E-state index in [0.29, 0.717) is 19.0 Å². The highest BCUT2D eigenvalue weighted by Gasteiger charge is 2.26. The van der Waals surface area contributed by atoms with Crippen molar-refractivity contribution < 1.29 is 23.0 Å². The Hall–Kier alpha value is -1.73. The molecule has 2 rings (SSSR count). The number of nitrogens with two attached hydrogens (primary N) is 1. The Morgan fingerprint density at radius 3 is 2.83 bits per heavy atom. The summed E-state index contributed by atoms with van der Waals surface area (Å²) in [5, 5.41) is 2.78. The smallest absolute Gasteiger partial charge is 0.272 e. The van der Waals surface area contributed by atoms with Crippen LogP contribution in [0.2, 0.25) is 0 Å². The topological polar surface area (TPSA) is 73.6 Å². The highest BCUT2D eigenvalue weighted by atomic mass is 19.3. The molecule has 1 aliphatic heterocycles. The Bertz CT molecular complexity index is 508. The van der Waals surface area contributed by atoms with Crippen molar-refractivity contribution in [2.24, 2.45) is 11.7 Å². The number of amides is 1. The van der Waals surface area contributed by atoms with E-state index in [1.54, 1.807) is 24.3 Å². The minimum absolute atomic E-state index is 0.129. The summed E-state index contributed by atoms with van der Waals surface area (Å²) >= 11 is 0. The number of halogens is 2. The molecule has 1 heterocycles. The van der Waals surface area contributed by atoms with Crippen LogP contribution in [-0.4, -0.2) is 38.2 Å². The Kier molecular flexibility index (Phi) is 6.73. The van der Waals surface area contributed by atoms with E-state index in [9.17, 15) is 13.6 Å². The number of carbonyl (C=O) groups is 1. The van der Waals surface area contributed by atoms with Crippen LogP contribution in [0.1, 0.15) is 18.4 Å². The van der Waals surface area contributed by atoms with Gasteiger partial charge < -0.3 is 20.5 Å². The summed E-state index contributed by atoms with van der Waals surface area (Å²) < 4.78 is 34.5. The monoisotopic (exact) mass is 328 g/mol. The Morgan fingerprint density at radius 2 is 2.13 bits per heavy atom. The first-order valence-electron chi connectivity index (χ1n) is 7.67. The van der Waals surface area contributed by atoms with Gasteiger partial charge in [0, 0.05) is 19.8 Å². The Labute approximate surface area is 134 Å². The first-order valence-corrected chi connectivity index (χ1v) is 7.67. The molecule has 1 amide bonds. The molecule has 0 bridgehead atoms. The van der Waals surface area contributed by atoms with Crippen LogP contribution in [0, 0.1) is 5.92 Å². The number of nitrogens with one attached hydrogen (secondary N) is 1. The zero-order chi connectivity index (χ0) is 16.7. The van der Waals surface area contributed by atoms with E-state index >= 15 is 0 Å². The molecule has 1 unspecified atom stereocenters. The lowest BCUT2D eigenvalue weighted by Gasteiger charge is -2.26. The predicted octanol–water partition coefficient (Wildman–Crippen LogP) is 1.70. The predicted molar refractivity (Wildman–Crippen MR) is 81.3 cm³/mol. The van der Waals surface area contributed by atoms with Gasteiger partial charge in [-0.05, 0) is 36.5 Å². The molecule has 0 radical (unpaired) electrons. The van der Waals surface area contributed by atoms with Gasteiger partial charge in [0.05, 0.1) is 6.04 Å². The molecule has 7 heteroatoms. The molecule has 0 aromatic heterocycles. The number of hydrogen-bond acceptors (Lipinski definition) is 4. The molecular weight excluding hydrogens is 306 g/mol. The van der Waals surface area contributed by atoms with Crippen molar-refractivity contribution in [3.05, 3.63) is 29.8 Å². The fourth-order valence-corrected chi connectivity index (χ4v) is 2.50. The largest absolute Gasteiger partial charge is 0.488 e. The summed E-state index contributed by atoms with van der Waals surface area (Å²) in [5.41, 5.74) is 6.76. The number of alkyl halides is 2. The van der Waals surface area contributed by atoms with E-state index in [2.05, 4.69) is 5.32 Å². The molecule has 0 aliphatic carbocycles. The van der Waals surface area contributed by atoms with Gasteiger partial charge in [0.25, 0.3) is 6.43 Å². The molecule has 3 N–H and O–H groups in total. The number of carbonyl (C=O) groups excluding carboxylic acids is 1.